The number of aromatic nitrogens is 2. The monoisotopic (exact) mass is 263 g/mol. The predicted octanol–water partition coefficient (Wildman–Crippen LogP) is 3.59. The molecule has 0 radical (unpaired) electrons. The Morgan fingerprint density at radius 2 is 1.95 bits per heavy atom. The molecule has 0 aliphatic rings. The summed E-state index contributed by atoms with van der Waals surface area (Å²) in [5.41, 5.74) is 3.60. The zero-order valence-electron chi connectivity index (χ0n) is 11.5. The lowest BCUT2D eigenvalue weighted by atomic mass is 10.1. The summed E-state index contributed by atoms with van der Waals surface area (Å²) in [5, 5.41) is 4.35. The normalized spacial score (nSPS) is 10.7. The second-order valence-corrected chi connectivity index (χ2v) is 4.92. The van der Waals surface area contributed by atoms with Crippen molar-refractivity contribution in [2.75, 3.05) is 11.9 Å². The first kappa shape index (κ1) is 12.6. The molecule has 1 aromatic heterocycles. The second kappa shape index (κ2) is 5.70. The van der Waals surface area contributed by atoms with Crippen LogP contribution in [0, 0.1) is 6.92 Å². The second-order valence-electron chi connectivity index (χ2n) is 4.92. The van der Waals surface area contributed by atoms with E-state index in [9.17, 15) is 0 Å². The molecule has 3 rings (SSSR count). The van der Waals surface area contributed by atoms with Gasteiger partial charge >= 0.3 is 0 Å². The van der Waals surface area contributed by atoms with E-state index >= 15 is 0 Å². The standard InChI is InChI=1S/C17H17N3/c1-13-5-4-6-14(11-13)9-10-18-17-19-12-15-7-2-3-8-16(15)20-17/h2-8,11-12H,9-10H2,1H3,(H,18,19,20). The summed E-state index contributed by atoms with van der Waals surface area (Å²) < 4.78 is 0. The maximum Gasteiger partial charge on any atom is 0.223 e. The molecule has 100 valence electrons. The summed E-state index contributed by atoms with van der Waals surface area (Å²) in [7, 11) is 0. The zero-order valence-corrected chi connectivity index (χ0v) is 11.5. The number of aryl methyl sites for hydroxylation is 1. The smallest absolute Gasteiger partial charge is 0.223 e. The fraction of sp³-hybridized carbons (Fsp3) is 0.176. The molecule has 3 aromatic rings. The van der Waals surface area contributed by atoms with Gasteiger partial charge in [-0.05, 0) is 25.0 Å². The molecule has 3 nitrogen and oxygen atoms in total. The Kier molecular flexibility index (Phi) is 3.59. The highest BCUT2D eigenvalue weighted by molar-refractivity contribution is 5.78. The molecule has 0 aliphatic heterocycles. The Balaban J connectivity index is 1.65. The quantitative estimate of drug-likeness (QED) is 0.781. The fourth-order valence-electron chi connectivity index (χ4n) is 2.24. The molecule has 0 fully saturated rings. The van der Waals surface area contributed by atoms with E-state index in [2.05, 4.69) is 46.5 Å². The van der Waals surface area contributed by atoms with E-state index in [1.165, 1.54) is 11.1 Å². The van der Waals surface area contributed by atoms with Crippen LogP contribution in [0.2, 0.25) is 0 Å². The van der Waals surface area contributed by atoms with Crippen molar-refractivity contribution in [2.45, 2.75) is 13.3 Å². The highest BCUT2D eigenvalue weighted by Crippen LogP contribution is 2.12. The lowest BCUT2D eigenvalue weighted by molar-refractivity contribution is 0.988. The van der Waals surface area contributed by atoms with Crippen molar-refractivity contribution >= 4 is 16.9 Å². The van der Waals surface area contributed by atoms with Crippen LogP contribution in [0.3, 0.4) is 0 Å². The van der Waals surface area contributed by atoms with Gasteiger partial charge in [0.2, 0.25) is 5.95 Å². The molecular weight excluding hydrogens is 246 g/mol. The molecule has 20 heavy (non-hydrogen) atoms. The molecule has 0 bridgehead atoms. The van der Waals surface area contributed by atoms with Crippen molar-refractivity contribution in [1.82, 2.24) is 9.97 Å². The number of fused-ring (bicyclic) bond motifs is 1. The van der Waals surface area contributed by atoms with Gasteiger partial charge < -0.3 is 5.32 Å². The summed E-state index contributed by atoms with van der Waals surface area (Å²) in [6.07, 6.45) is 2.83. The number of anilines is 1. The number of benzene rings is 2. The van der Waals surface area contributed by atoms with E-state index in [0.29, 0.717) is 5.95 Å². The van der Waals surface area contributed by atoms with Gasteiger partial charge in [-0.25, -0.2) is 9.97 Å². The predicted molar refractivity (Wildman–Crippen MR) is 82.9 cm³/mol. The van der Waals surface area contributed by atoms with E-state index < -0.39 is 0 Å². The van der Waals surface area contributed by atoms with Gasteiger partial charge in [0, 0.05) is 18.1 Å². The SMILES string of the molecule is Cc1cccc(CCNc2ncc3ccccc3n2)c1. The van der Waals surface area contributed by atoms with Gasteiger partial charge in [0.05, 0.1) is 5.52 Å². The number of rotatable bonds is 4. The first-order chi connectivity index (χ1) is 9.81. The van der Waals surface area contributed by atoms with Crippen LogP contribution in [0.1, 0.15) is 11.1 Å². The fourth-order valence-corrected chi connectivity index (χ4v) is 2.24. The Bertz CT molecular complexity index is 722. The van der Waals surface area contributed by atoms with Crippen molar-refractivity contribution in [3.05, 3.63) is 65.9 Å². The highest BCUT2D eigenvalue weighted by atomic mass is 15.1. The van der Waals surface area contributed by atoms with Crippen molar-refractivity contribution < 1.29 is 0 Å². The topological polar surface area (TPSA) is 37.8 Å². The minimum Gasteiger partial charge on any atom is -0.354 e. The molecule has 1 N–H and O–H groups in total. The molecular formula is C17H17N3. The van der Waals surface area contributed by atoms with Gasteiger partial charge in [0.15, 0.2) is 0 Å². The Labute approximate surface area is 118 Å². The highest BCUT2D eigenvalue weighted by Gasteiger charge is 1.99. The number of hydrogen-bond donors (Lipinski definition) is 1. The summed E-state index contributed by atoms with van der Waals surface area (Å²) in [4.78, 5) is 8.84. The van der Waals surface area contributed by atoms with E-state index in [1.807, 2.05) is 30.5 Å². The van der Waals surface area contributed by atoms with E-state index in [-0.39, 0.29) is 0 Å². The molecule has 1 heterocycles. The van der Waals surface area contributed by atoms with E-state index in [1.54, 1.807) is 0 Å². The van der Waals surface area contributed by atoms with Crippen molar-refractivity contribution in [2.24, 2.45) is 0 Å². The number of nitrogens with zero attached hydrogens (tertiary/aromatic N) is 2. The third-order valence-electron chi connectivity index (χ3n) is 3.27. The Morgan fingerprint density at radius 3 is 2.85 bits per heavy atom. The molecule has 0 saturated carbocycles. The molecule has 0 saturated heterocycles. The van der Waals surface area contributed by atoms with Crippen LogP contribution in [0.4, 0.5) is 5.95 Å². The molecule has 0 spiro atoms. The number of para-hydroxylation sites is 1. The summed E-state index contributed by atoms with van der Waals surface area (Å²) in [6, 6.07) is 16.6. The van der Waals surface area contributed by atoms with Crippen LogP contribution >= 0.6 is 0 Å². The van der Waals surface area contributed by atoms with Gasteiger partial charge in [-0.3, -0.25) is 0 Å². The minimum atomic E-state index is 0.691. The van der Waals surface area contributed by atoms with Crippen LogP contribution in [-0.2, 0) is 6.42 Å². The maximum absolute atomic E-state index is 4.50. The first-order valence-electron chi connectivity index (χ1n) is 6.82. The lowest BCUT2D eigenvalue weighted by Gasteiger charge is -2.06. The molecule has 3 heteroatoms. The third-order valence-corrected chi connectivity index (χ3v) is 3.27. The largest absolute Gasteiger partial charge is 0.354 e. The van der Waals surface area contributed by atoms with Gasteiger partial charge in [0.1, 0.15) is 0 Å². The Hall–Kier alpha value is -2.42. The summed E-state index contributed by atoms with van der Waals surface area (Å²) >= 11 is 0. The van der Waals surface area contributed by atoms with E-state index in [4.69, 9.17) is 0 Å². The maximum atomic E-state index is 4.50. The molecule has 0 aliphatic carbocycles. The molecule has 0 unspecified atom stereocenters. The number of hydrogen-bond acceptors (Lipinski definition) is 3. The molecule has 0 amide bonds. The van der Waals surface area contributed by atoms with Crippen LogP contribution in [0.25, 0.3) is 10.9 Å². The first-order valence-corrected chi connectivity index (χ1v) is 6.82. The van der Waals surface area contributed by atoms with Gasteiger partial charge in [-0.1, -0.05) is 48.0 Å². The van der Waals surface area contributed by atoms with Crippen LogP contribution < -0.4 is 5.32 Å². The van der Waals surface area contributed by atoms with Gasteiger partial charge in [-0.15, -0.1) is 0 Å². The van der Waals surface area contributed by atoms with Crippen molar-refractivity contribution in [3.8, 4) is 0 Å². The van der Waals surface area contributed by atoms with Crippen molar-refractivity contribution in [3.63, 3.8) is 0 Å². The van der Waals surface area contributed by atoms with E-state index in [0.717, 1.165) is 23.9 Å². The molecule has 2 aromatic carbocycles. The van der Waals surface area contributed by atoms with Crippen LogP contribution in [-0.4, -0.2) is 16.5 Å². The number of nitrogens with one attached hydrogen (secondary N) is 1. The van der Waals surface area contributed by atoms with Crippen LogP contribution in [0.15, 0.2) is 54.7 Å². The average Bonchev–Trinajstić information content (AvgIpc) is 2.47. The third kappa shape index (κ3) is 2.94. The summed E-state index contributed by atoms with van der Waals surface area (Å²) in [5.74, 6) is 0.691. The lowest BCUT2D eigenvalue weighted by Crippen LogP contribution is -2.07. The van der Waals surface area contributed by atoms with Crippen molar-refractivity contribution in [1.29, 1.82) is 0 Å². The Morgan fingerprint density at radius 1 is 1.05 bits per heavy atom. The average molecular weight is 263 g/mol. The van der Waals surface area contributed by atoms with Gasteiger partial charge in [0.25, 0.3) is 0 Å². The summed E-state index contributed by atoms with van der Waals surface area (Å²) in [6.45, 7) is 2.95. The van der Waals surface area contributed by atoms with Crippen LogP contribution in [0.5, 0.6) is 0 Å². The molecule has 0 atom stereocenters. The minimum absolute atomic E-state index is 0.691. The zero-order chi connectivity index (χ0) is 13.8. The van der Waals surface area contributed by atoms with Gasteiger partial charge in [-0.2, -0.15) is 0 Å².